The summed E-state index contributed by atoms with van der Waals surface area (Å²) in [6.45, 7) is 1.53. The van der Waals surface area contributed by atoms with Crippen molar-refractivity contribution in [1.82, 2.24) is 14.9 Å². The lowest BCUT2D eigenvalue weighted by atomic mass is 10.1. The van der Waals surface area contributed by atoms with Crippen LogP contribution >= 0.6 is 0 Å². The molecule has 1 aliphatic carbocycles. The SMILES string of the molecule is Cn1cccc(NC(=O)N2c3nc(C(=O)NC4CC4)ccc3N3CC[C@H]2C3)c1=O. The molecule has 3 amide bonds. The Balaban J connectivity index is 1.48. The van der Waals surface area contributed by atoms with E-state index in [4.69, 9.17) is 0 Å². The molecule has 0 aromatic carbocycles. The first-order chi connectivity index (χ1) is 14.0. The van der Waals surface area contributed by atoms with Crippen molar-refractivity contribution < 1.29 is 9.59 Å². The van der Waals surface area contributed by atoms with Crippen molar-refractivity contribution in [2.24, 2.45) is 7.05 Å². The number of hydrogen-bond acceptors (Lipinski definition) is 5. The third kappa shape index (κ3) is 3.12. The standard InChI is InChI=1S/C20H22N6O3/c1-24-9-2-3-15(19(24)28)23-20(29)26-13-8-10-25(11-13)16-7-6-14(22-17(16)26)18(27)21-12-4-5-12/h2-3,6-7,9,12-13H,4-5,8,10-11H2,1H3,(H,21,27)(H,23,29)/t13-/m0/s1. The van der Waals surface area contributed by atoms with Crippen LogP contribution < -0.4 is 26.0 Å². The highest BCUT2D eigenvalue weighted by Crippen LogP contribution is 2.39. The number of nitrogens with one attached hydrogen (secondary N) is 2. The average Bonchev–Trinajstić information content (AvgIpc) is 3.43. The van der Waals surface area contributed by atoms with Crippen molar-refractivity contribution in [1.29, 1.82) is 0 Å². The average molecular weight is 394 g/mol. The molecule has 2 N–H and O–H groups in total. The zero-order chi connectivity index (χ0) is 20.1. The smallest absolute Gasteiger partial charge is 0.328 e. The summed E-state index contributed by atoms with van der Waals surface area (Å²) >= 11 is 0. The predicted octanol–water partition coefficient (Wildman–Crippen LogP) is 1.30. The van der Waals surface area contributed by atoms with Gasteiger partial charge in [0.2, 0.25) is 0 Å². The number of carbonyl (C=O) groups excluding carboxylic acids is 2. The first-order valence-corrected chi connectivity index (χ1v) is 9.84. The van der Waals surface area contributed by atoms with Crippen LogP contribution in [0.15, 0.2) is 35.3 Å². The second-order valence-corrected chi connectivity index (χ2v) is 7.81. The van der Waals surface area contributed by atoms with Crippen LogP contribution in [0.3, 0.4) is 0 Å². The number of pyridine rings is 2. The molecule has 29 heavy (non-hydrogen) atoms. The van der Waals surface area contributed by atoms with Crippen LogP contribution in [0.2, 0.25) is 0 Å². The molecule has 1 saturated carbocycles. The van der Waals surface area contributed by atoms with Gasteiger partial charge in [0.15, 0.2) is 5.82 Å². The van der Waals surface area contributed by atoms with Crippen LogP contribution in [0.4, 0.5) is 22.0 Å². The highest BCUT2D eigenvalue weighted by Gasteiger charge is 2.40. The molecule has 2 fully saturated rings. The van der Waals surface area contributed by atoms with Crippen LogP contribution in [-0.2, 0) is 7.05 Å². The van der Waals surface area contributed by atoms with Gasteiger partial charge < -0.3 is 20.1 Å². The topological polar surface area (TPSA) is 99.6 Å². The molecule has 5 rings (SSSR count). The van der Waals surface area contributed by atoms with Crippen molar-refractivity contribution in [2.45, 2.75) is 31.3 Å². The predicted molar refractivity (Wildman–Crippen MR) is 109 cm³/mol. The van der Waals surface area contributed by atoms with Crippen molar-refractivity contribution in [2.75, 3.05) is 28.2 Å². The first kappa shape index (κ1) is 17.7. The van der Waals surface area contributed by atoms with Crippen LogP contribution in [0.5, 0.6) is 0 Å². The Labute approximate surface area is 167 Å². The Morgan fingerprint density at radius 3 is 2.79 bits per heavy atom. The highest BCUT2D eigenvalue weighted by molar-refractivity contribution is 6.05. The molecule has 2 aromatic rings. The molecular formula is C20H22N6O3. The summed E-state index contributed by atoms with van der Waals surface area (Å²) in [5, 5.41) is 5.66. The number of aryl methyl sites for hydroxylation is 1. The third-order valence-corrected chi connectivity index (χ3v) is 5.68. The zero-order valence-corrected chi connectivity index (χ0v) is 16.1. The zero-order valence-electron chi connectivity index (χ0n) is 16.1. The molecule has 1 saturated heterocycles. The summed E-state index contributed by atoms with van der Waals surface area (Å²) in [6, 6.07) is 6.62. The minimum atomic E-state index is -0.409. The summed E-state index contributed by atoms with van der Waals surface area (Å²) in [4.78, 5) is 46.2. The Kier molecular flexibility index (Phi) is 4.04. The largest absolute Gasteiger partial charge is 0.366 e. The third-order valence-electron chi connectivity index (χ3n) is 5.68. The maximum Gasteiger partial charge on any atom is 0.328 e. The molecule has 1 atom stereocenters. The Hall–Kier alpha value is -3.36. The molecule has 150 valence electrons. The maximum atomic E-state index is 13.2. The van der Waals surface area contributed by atoms with Crippen LogP contribution in [0.1, 0.15) is 29.8 Å². The highest BCUT2D eigenvalue weighted by atomic mass is 16.2. The number of aromatic nitrogens is 2. The van der Waals surface area contributed by atoms with E-state index in [1.54, 1.807) is 36.3 Å². The number of fused-ring (bicyclic) bond motifs is 4. The molecule has 0 radical (unpaired) electrons. The molecule has 0 spiro atoms. The molecule has 4 heterocycles. The van der Waals surface area contributed by atoms with E-state index in [-0.39, 0.29) is 29.2 Å². The number of amides is 3. The van der Waals surface area contributed by atoms with Gasteiger partial charge in [-0.15, -0.1) is 0 Å². The second kappa shape index (κ2) is 6.61. The van der Waals surface area contributed by atoms with Crippen molar-refractivity contribution in [3.05, 3.63) is 46.5 Å². The summed E-state index contributed by atoms with van der Waals surface area (Å²) < 4.78 is 1.41. The minimum Gasteiger partial charge on any atom is -0.366 e. The lowest BCUT2D eigenvalue weighted by Gasteiger charge is -2.35. The van der Waals surface area contributed by atoms with E-state index >= 15 is 0 Å². The van der Waals surface area contributed by atoms with Gasteiger partial charge in [-0.2, -0.15) is 0 Å². The fourth-order valence-corrected chi connectivity index (χ4v) is 3.95. The molecule has 3 aliphatic rings. The fraction of sp³-hybridized carbons (Fsp3) is 0.400. The second-order valence-electron chi connectivity index (χ2n) is 7.81. The van der Waals surface area contributed by atoms with Gasteiger partial charge in [-0.1, -0.05) is 0 Å². The fourth-order valence-electron chi connectivity index (χ4n) is 3.95. The monoisotopic (exact) mass is 394 g/mol. The van der Waals surface area contributed by atoms with E-state index in [1.165, 1.54) is 4.57 Å². The van der Waals surface area contributed by atoms with E-state index in [2.05, 4.69) is 20.5 Å². The minimum absolute atomic E-state index is 0.0516. The number of carbonyl (C=O) groups is 2. The number of nitrogens with zero attached hydrogens (tertiary/aromatic N) is 4. The van der Waals surface area contributed by atoms with E-state index < -0.39 is 6.03 Å². The van der Waals surface area contributed by atoms with Gasteiger partial charge in [-0.25, -0.2) is 9.78 Å². The quantitative estimate of drug-likeness (QED) is 0.818. The van der Waals surface area contributed by atoms with Gasteiger partial charge in [0.1, 0.15) is 11.4 Å². The van der Waals surface area contributed by atoms with Crippen molar-refractivity contribution in [3.63, 3.8) is 0 Å². The summed E-state index contributed by atoms with van der Waals surface area (Å²) in [5.74, 6) is 0.243. The van der Waals surface area contributed by atoms with E-state index in [0.29, 0.717) is 18.1 Å². The van der Waals surface area contributed by atoms with Crippen LogP contribution in [-0.4, -0.2) is 46.7 Å². The number of anilines is 3. The van der Waals surface area contributed by atoms with Gasteiger partial charge in [0, 0.05) is 32.4 Å². The molecule has 2 bridgehead atoms. The van der Waals surface area contributed by atoms with Crippen molar-refractivity contribution in [3.8, 4) is 0 Å². The molecule has 9 nitrogen and oxygen atoms in total. The Morgan fingerprint density at radius 2 is 2.00 bits per heavy atom. The molecule has 9 heteroatoms. The van der Waals surface area contributed by atoms with Gasteiger partial charge in [-0.05, 0) is 43.5 Å². The number of rotatable bonds is 3. The normalized spacial score (nSPS) is 19.7. The van der Waals surface area contributed by atoms with E-state index in [9.17, 15) is 14.4 Å². The molecular weight excluding hydrogens is 372 g/mol. The van der Waals surface area contributed by atoms with Crippen LogP contribution in [0.25, 0.3) is 0 Å². The summed E-state index contributed by atoms with van der Waals surface area (Å²) in [6.07, 6.45) is 4.43. The van der Waals surface area contributed by atoms with Gasteiger partial charge in [0.05, 0.1) is 11.7 Å². The summed E-state index contributed by atoms with van der Waals surface area (Å²) in [7, 11) is 1.63. The Bertz CT molecular complexity index is 1060. The lowest BCUT2D eigenvalue weighted by molar-refractivity contribution is 0.0946. The molecule has 0 unspecified atom stereocenters. The number of hydrogen-bond donors (Lipinski definition) is 2. The van der Waals surface area contributed by atoms with E-state index in [1.807, 2.05) is 6.07 Å². The van der Waals surface area contributed by atoms with Gasteiger partial charge in [-0.3, -0.25) is 14.5 Å². The molecule has 2 aliphatic heterocycles. The van der Waals surface area contributed by atoms with E-state index in [0.717, 1.165) is 31.5 Å². The Morgan fingerprint density at radius 1 is 1.17 bits per heavy atom. The molecule has 2 aromatic heterocycles. The maximum absolute atomic E-state index is 13.2. The number of urea groups is 1. The first-order valence-electron chi connectivity index (χ1n) is 9.84. The van der Waals surface area contributed by atoms with Gasteiger partial charge in [0.25, 0.3) is 11.5 Å². The summed E-state index contributed by atoms with van der Waals surface area (Å²) in [5.41, 5.74) is 1.06. The van der Waals surface area contributed by atoms with Crippen LogP contribution in [0, 0.1) is 0 Å². The van der Waals surface area contributed by atoms with Gasteiger partial charge >= 0.3 is 6.03 Å². The van der Waals surface area contributed by atoms with Crippen molar-refractivity contribution >= 4 is 29.1 Å². The lowest BCUT2D eigenvalue weighted by Crippen LogP contribution is -2.49.